The predicted octanol–water partition coefficient (Wildman–Crippen LogP) is 5.82. The Morgan fingerprint density at radius 3 is 2.40 bits per heavy atom. The summed E-state index contributed by atoms with van der Waals surface area (Å²) in [6, 6.07) is 18.6. The summed E-state index contributed by atoms with van der Waals surface area (Å²) in [5, 5.41) is 7.60. The number of nitrogens with zero attached hydrogens (tertiary/aromatic N) is 3. The Balaban J connectivity index is 1.66. The average molecular weight is 392 g/mol. The van der Waals surface area contributed by atoms with Crippen LogP contribution in [0, 0.1) is 20.8 Å². The summed E-state index contributed by atoms with van der Waals surface area (Å²) in [5.74, 6) is 1.12. The third-order valence-corrected chi connectivity index (χ3v) is 7.95. The van der Waals surface area contributed by atoms with Gasteiger partial charge in [-0.15, -0.1) is 0 Å². The van der Waals surface area contributed by atoms with Gasteiger partial charge < -0.3 is 0 Å². The lowest BCUT2D eigenvalue weighted by molar-refractivity contribution is 0.346. The van der Waals surface area contributed by atoms with Crippen molar-refractivity contribution in [3.63, 3.8) is 0 Å². The van der Waals surface area contributed by atoms with Crippen molar-refractivity contribution in [2.45, 2.75) is 52.1 Å². The zero-order valence-electron chi connectivity index (χ0n) is 18.0. The molecule has 3 nitrogen and oxygen atoms in total. The number of rotatable bonds is 1. The fourth-order valence-corrected chi connectivity index (χ4v) is 6.32. The average Bonchev–Trinajstić information content (AvgIpc) is 3.23. The minimum absolute atomic E-state index is 0.0313. The predicted molar refractivity (Wildman–Crippen MR) is 123 cm³/mol. The van der Waals surface area contributed by atoms with Gasteiger partial charge in [0, 0.05) is 16.5 Å². The van der Waals surface area contributed by atoms with Gasteiger partial charge >= 0.3 is 0 Å². The molecule has 148 valence electrons. The molecule has 3 aromatic carbocycles. The number of hydrogen-bond acceptors (Lipinski definition) is 3. The molecule has 30 heavy (non-hydrogen) atoms. The van der Waals surface area contributed by atoms with Gasteiger partial charge in [-0.25, -0.2) is 5.01 Å². The molecule has 2 atom stereocenters. The van der Waals surface area contributed by atoms with E-state index in [-0.39, 0.29) is 11.6 Å². The summed E-state index contributed by atoms with van der Waals surface area (Å²) >= 11 is 0. The number of fused-ring (bicyclic) bond motifs is 5. The van der Waals surface area contributed by atoms with E-state index in [2.05, 4.69) is 86.1 Å². The minimum Gasteiger partial charge on any atom is -0.300 e. The Bertz CT molecular complexity index is 1300. The van der Waals surface area contributed by atoms with Crippen molar-refractivity contribution in [3.05, 3.63) is 81.9 Å². The van der Waals surface area contributed by atoms with Crippen LogP contribution in [0.1, 0.15) is 46.7 Å². The highest BCUT2D eigenvalue weighted by Crippen LogP contribution is 2.60. The Morgan fingerprint density at radius 2 is 1.67 bits per heavy atom. The molecule has 3 heteroatoms. The zero-order chi connectivity index (χ0) is 20.4. The summed E-state index contributed by atoms with van der Waals surface area (Å²) in [4.78, 5) is 2.57. The van der Waals surface area contributed by atoms with Crippen LogP contribution in [-0.4, -0.2) is 12.0 Å². The monoisotopic (exact) mass is 391 g/mol. The van der Waals surface area contributed by atoms with Crippen molar-refractivity contribution in [3.8, 4) is 11.1 Å². The first kappa shape index (κ1) is 16.7. The molecule has 3 aromatic rings. The largest absolute Gasteiger partial charge is 0.300 e. The maximum Gasteiger partial charge on any atom is 0.163 e. The summed E-state index contributed by atoms with van der Waals surface area (Å²) in [6.07, 6.45) is 2.35. The molecule has 0 saturated carbocycles. The van der Waals surface area contributed by atoms with E-state index in [0.717, 1.165) is 18.7 Å². The van der Waals surface area contributed by atoms with Gasteiger partial charge in [0.1, 0.15) is 6.17 Å². The molecule has 0 amide bonds. The van der Waals surface area contributed by atoms with Gasteiger partial charge in [0.15, 0.2) is 5.84 Å². The molecule has 0 fully saturated rings. The van der Waals surface area contributed by atoms with Gasteiger partial charge in [0.05, 0.1) is 11.4 Å². The molecular formula is C27H25N3. The second-order valence-corrected chi connectivity index (χ2v) is 9.56. The van der Waals surface area contributed by atoms with Crippen molar-refractivity contribution >= 4 is 17.2 Å². The highest BCUT2D eigenvalue weighted by atomic mass is 15.6. The quantitative estimate of drug-likeness (QED) is 0.520. The molecule has 2 bridgehead atoms. The van der Waals surface area contributed by atoms with E-state index in [4.69, 9.17) is 5.10 Å². The topological polar surface area (TPSA) is 18.8 Å². The van der Waals surface area contributed by atoms with Crippen molar-refractivity contribution in [2.24, 2.45) is 5.10 Å². The van der Waals surface area contributed by atoms with E-state index in [0.29, 0.717) is 0 Å². The lowest BCUT2D eigenvalue weighted by Gasteiger charge is -2.41. The van der Waals surface area contributed by atoms with Crippen molar-refractivity contribution in [2.75, 3.05) is 9.91 Å². The first-order chi connectivity index (χ1) is 14.5. The number of benzene rings is 3. The van der Waals surface area contributed by atoms with Crippen LogP contribution in [0.4, 0.5) is 11.4 Å². The van der Waals surface area contributed by atoms with E-state index in [9.17, 15) is 0 Å². The molecule has 0 aliphatic carbocycles. The van der Waals surface area contributed by atoms with Crippen LogP contribution in [0.3, 0.4) is 0 Å². The van der Waals surface area contributed by atoms with Gasteiger partial charge in [0.2, 0.25) is 0 Å². The third kappa shape index (κ3) is 1.73. The van der Waals surface area contributed by atoms with E-state index in [1.165, 1.54) is 55.9 Å². The fourth-order valence-electron chi connectivity index (χ4n) is 6.32. The van der Waals surface area contributed by atoms with Crippen LogP contribution >= 0.6 is 0 Å². The Morgan fingerprint density at radius 1 is 0.933 bits per heavy atom. The van der Waals surface area contributed by atoms with Crippen LogP contribution in [0.2, 0.25) is 0 Å². The molecular weight excluding hydrogens is 366 g/mol. The number of hydrogen-bond donors (Lipinski definition) is 0. The van der Waals surface area contributed by atoms with Gasteiger partial charge in [-0.05, 0) is 85.7 Å². The summed E-state index contributed by atoms with van der Waals surface area (Å²) < 4.78 is 0. The van der Waals surface area contributed by atoms with Crippen LogP contribution in [0.15, 0.2) is 53.6 Å². The second-order valence-electron chi connectivity index (χ2n) is 9.56. The minimum atomic E-state index is 0.0313. The first-order valence-corrected chi connectivity index (χ1v) is 11.0. The fraction of sp³-hybridized carbons (Fsp3) is 0.296. The Hall–Kier alpha value is -3.07. The summed E-state index contributed by atoms with van der Waals surface area (Å²) in [6.45, 7) is 9.05. The van der Waals surface area contributed by atoms with E-state index in [1.807, 2.05) is 0 Å². The van der Waals surface area contributed by atoms with Crippen LogP contribution in [0.5, 0.6) is 0 Å². The highest BCUT2D eigenvalue weighted by molar-refractivity contribution is 6.23. The molecule has 2 unspecified atom stereocenters. The molecule has 5 heterocycles. The number of anilines is 2. The third-order valence-electron chi connectivity index (χ3n) is 7.95. The molecule has 5 aliphatic rings. The standard InChI is InChI=1S/C27H25N3/c1-5-27-14-18-6-8-19(9-7-18)30-26(27)29-24-21(10-15(2)11-23(24)27)20-12-16(3)17(4)13-22(20)25(29)28-30/h6-13,26H,5,14H2,1-4H3. The van der Waals surface area contributed by atoms with Crippen LogP contribution in [0.25, 0.3) is 11.1 Å². The molecule has 5 aliphatic heterocycles. The zero-order valence-corrected chi connectivity index (χ0v) is 18.0. The number of hydrazone groups is 1. The van der Waals surface area contributed by atoms with Crippen molar-refractivity contribution in [1.29, 1.82) is 0 Å². The van der Waals surface area contributed by atoms with Gasteiger partial charge in [-0.3, -0.25) is 4.90 Å². The maximum absolute atomic E-state index is 5.29. The second kappa shape index (κ2) is 5.15. The number of aryl methyl sites for hydroxylation is 3. The Kier molecular flexibility index (Phi) is 2.87. The first-order valence-electron chi connectivity index (χ1n) is 11.0. The van der Waals surface area contributed by atoms with Crippen molar-refractivity contribution in [1.82, 2.24) is 0 Å². The van der Waals surface area contributed by atoms with E-state index < -0.39 is 0 Å². The highest BCUT2D eigenvalue weighted by Gasteiger charge is 2.59. The van der Waals surface area contributed by atoms with Gasteiger partial charge in [-0.2, -0.15) is 5.10 Å². The molecule has 0 spiro atoms. The summed E-state index contributed by atoms with van der Waals surface area (Å²) in [7, 11) is 0. The molecule has 0 saturated heterocycles. The normalized spacial score (nSPS) is 23.9. The SMILES string of the molecule is CCC12Cc3ccc(cc3)N3N=C4c5cc(C)c(C)cc5-c5cc(C)cc1c5N4C32. The van der Waals surface area contributed by atoms with Crippen LogP contribution < -0.4 is 9.91 Å². The van der Waals surface area contributed by atoms with Crippen molar-refractivity contribution < 1.29 is 0 Å². The van der Waals surface area contributed by atoms with Gasteiger partial charge in [-0.1, -0.05) is 36.8 Å². The maximum atomic E-state index is 5.29. The summed E-state index contributed by atoms with van der Waals surface area (Å²) in [5.41, 5.74) is 13.6. The molecule has 0 aromatic heterocycles. The molecule has 0 N–H and O–H groups in total. The van der Waals surface area contributed by atoms with Crippen LogP contribution in [-0.2, 0) is 11.8 Å². The lowest BCUT2D eigenvalue weighted by atomic mass is 9.71. The van der Waals surface area contributed by atoms with E-state index >= 15 is 0 Å². The lowest BCUT2D eigenvalue weighted by Crippen LogP contribution is -2.53. The van der Waals surface area contributed by atoms with E-state index in [1.54, 1.807) is 0 Å². The smallest absolute Gasteiger partial charge is 0.163 e. The number of amidine groups is 1. The van der Waals surface area contributed by atoms with Gasteiger partial charge in [0.25, 0.3) is 0 Å². The molecule has 8 rings (SSSR count). The Labute approximate surface area is 177 Å². The molecule has 0 radical (unpaired) electrons.